The second kappa shape index (κ2) is 5.09. The molecule has 2 heterocycles. The first-order valence-electron chi connectivity index (χ1n) is 5.27. The number of rotatable bonds is 3. The number of fused-ring (bicyclic) bond motifs is 1. The van der Waals surface area contributed by atoms with Gasteiger partial charge in [0.25, 0.3) is 0 Å². The number of amides is 3. The minimum absolute atomic E-state index is 0.430. The van der Waals surface area contributed by atoms with Crippen LogP contribution in [0.3, 0.4) is 0 Å². The van der Waals surface area contributed by atoms with Crippen molar-refractivity contribution in [3.8, 4) is 0 Å². The molecule has 0 bridgehead atoms. The summed E-state index contributed by atoms with van der Waals surface area (Å²) in [4.78, 5) is 26.4. The maximum absolute atomic E-state index is 11.5. The standard InChI is InChI=1S/C11H12N4O2S/c1-7(9(16)14-10(12)17)18-11-13-6-8-4-2-3-5-15(8)11/h2-7H,1H3,(H3,12,14,16,17)/t7-/m0/s1. The molecule has 2 aromatic heterocycles. The molecule has 0 spiro atoms. The Morgan fingerprint density at radius 3 is 3.00 bits per heavy atom. The molecule has 2 rings (SSSR count). The molecule has 2 aromatic rings. The van der Waals surface area contributed by atoms with Gasteiger partial charge in [-0.05, 0) is 19.1 Å². The van der Waals surface area contributed by atoms with Crippen LogP contribution in [0.5, 0.6) is 0 Å². The van der Waals surface area contributed by atoms with Gasteiger partial charge >= 0.3 is 6.03 Å². The average Bonchev–Trinajstić information content (AvgIpc) is 2.72. The number of hydrogen-bond donors (Lipinski definition) is 2. The van der Waals surface area contributed by atoms with Crippen LogP contribution in [-0.4, -0.2) is 26.6 Å². The first kappa shape index (κ1) is 12.4. The molecule has 0 aliphatic carbocycles. The highest BCUT2D eigenvalue weighted by Crippen LogP contribution is 2.22. The molecule has 3 amide bonds. The van der Waals surface area contributed by atoms with E-state index in [2.05, 4.69) is 4.98 Å². The Hall–Kier alpha value is -2.02. The lowest BCUT2D eigenvalue weighted by Gasteiger charge is -2.08. The Labute approximate surface area is 108 Å². The maximum Gasteiger partial charge on any atom is 0.318 e. The summed E-state index contributed by atoms with van der Waals surface area (Å²) in [6, 6.07) is 4.87. The zero-order valence-electron chi connectivity index (χ0n) is 9.66. The van der Waals surface area contributed by atoms with Crippen LogP contribution >= 0.6 is 11.8 Å². The Morgan fingerprint density at radius 2 is 2.28 bits per heavy atom. The number of aromatic nitrogens is 2. The molecule has 0 unspecified atom stereocenters. The SMILES string of the molecule is C[C@H](Sc1ncc2ccccn12)C(=O)NC(N)=O. The number of nitrogens with one attached hydrogen (secondary N) is 1. The number of pyridine rings is 1. The molecule has 18 heavy (non-hydrogen) atoms. The van der Waals surface area contributed by atoms with Crippen LogP contribution in [0.1, 0.15) is 6.92 Å². The number of primary amides is 1. The molecule has 0 radical (unpaired) electrons. The predicted octanol–water partition coefficient (Wildman–Crippen LogP) is 1.01. The number of imide groups is 1. The van der Waals surface area contributed by atoms with Crippen LogP contribution in [0.15, 0.2) is 35.7 Å². The van der Waals surface area contributed by atoms with Crippen molar-refractivity contribution in [3.05, 3.63) is 30.6 Å². The van der Waals surface area contributed by atoms with E-state index in [4.69, 9.17) is 5.73 Å². The Balaban J connectivity index is 2.14. The van der Waals surface area contributed by atoms with E-state index in [0.29, 0.717) is 5.16 Å². The third-order valence-corrected chi connectivity index (χ3v) is 3.38. The van der Waals surface area contributed by atoms with Gasteiger partial charge in [0, 0.05) is 6.20 Å². The fourth-order valence-corrected chi connectivity index (χ4v) is 2.32. The van der Waals surface area contributed by atoms with E-state index in [-0.39, 0.29) is 0 Å². The van der Waals surface area contributed by atoms with Crippen LogP contribution < -0.4 is 11.1 Å². The smallest absolute Gasteiger partial charge is 0.318 e. The zero-order valence-corrected chi connectivity index (χ0v) is 10.5. The lowest BCUT2D eigenvalue weighted by atomic mass is 10.4. The molecular formula is C11H12N4O2S. The van der Waals surface area contributed by atoms with E-state index >= 15 is 0 Å². The van der Waals surface area contributed by atoms with Gasteiger partial charge in [0.05, 0.1) is 17.0 Å². The molecule has 94 valence electrons. The molecule has 0 aliphatic heterocycles. The monoisotopic (exact) mass is 264 g/mol. The van der Waals surface area contributed by atoms with Crippen LogP contribution in [0, 0.1) is 0 Å². The Morgan fingerprint density at radius 1 is 1.50 bits per heavy atom. The van der Waals surface area contributed by atoms with Gasteiger partial charge in [0.15, 0.2) is 5.16 Å². The fourth-order valence-electron chi connectivity index (χ4n) is 1.44. The van der Waals surface area contributed by atoms with E-state index in [1.165, 1.54) is 11.8 Å². The first-order valence-corrected chi connectivity index (χ1v) is 6.15. The summed E-state index contributed by atoms with van der Waals surface area (Å²) < 4.78 is 1.87. The Bertz CT molecular complexity index is 595. The number of urea groups is 1. The molecule has 0 aliphatic rings. The number of carbonyl (C=O) groups is 2. The first-order chi connectivity index (χ1) is 8.58. The van der Waals surface area contributed by atoms with E-state index in [9.17, 15) is 9.59 Å². The van der Waals surface area contributed by atoms with Crippen LogP contribution in [0.4, 0.5) is 4.79 Å². The highest BCUT2D eigenvalue weighted by Gasteiger charge is 2.18. The van der Waals surface area contributed by atoms with E-state index in [1.807, 2.05) is 34.1 Å². The summed E-state index contributed by atoms with van der Waals surface area (Å²) in [7, 11) is 0. The number of thioether (sulfide) groups is 1. The number of carbonyl (C=O) groups excluding carboxylic acids is 2. The summed E-state index contributed by atoms with van der Waals surface area (Å²) in [6.45, 7) is 1.69. The Kier molecular flexibility index (Phi) is 3.52. The maximum atomic E-state index is 11.5. The van der Waals surface area contributed by atoms with Gasteiger partial charge in [0.1, 0.15) is 0 Å². The van der Waals surface area contributed by atoms with Crippen molar-refractivity contribution in [1.29, 1.82) is 0 Å². The van der Waals surface area contributed by atoms with Gasteiger partial charge in [-0.25, -0.2) is 9.78 Å². The van der Waals surface area contributed by atoms with Crippen molar-refractivity contribution in [3.63, 3.8) is 0 Å². The van der Waals surface area contributed by atoms with Crippen LogP contribution in [-0.2, 0) is 4.79 Å². The lowest BCUT2D eigenvalue weighted by molar-refractivity contribution is -0.119. The third-order valence-electron chi connectivity index (χ3n) is 2.30. The molecule has 0 saturated carbocycles. The molecule has 1 atom stereocenters. The lowest BCUT2D eigenvalue weighted by Crippen LogP contribution is -2.39. The minimum Gasteiger partial charge on any atom is -0.351 e. The number of hydrogen-bond acceptors (Lipinski definition) is 4. The van der Waals surface area contributed by atoms with Crippen molar-refractivity contribution in [2.75, 3.05) is 0 Å². The van der Waals surface area contributed by atoms with E-state index in [0.717, 1.165) is 5.52 Å². The summed E-state index contributed by atoms with van der Waals surface area (Å²) in [5.41, 5.74) is 5.84. The van der Waals surface area contributed by atoms with E-state index < -0.39 is 17.2 Å². The highest BCUT2D eigenvalue weighted by molar-refractivity contribution is 8.00. The van der Waals surface area contributed by atoms with Gasteiger partial charge < -0.3 is 5.73 Å². The van der Waals surface area contributed by atoms with Crippen molar-refractivity contribution in [2.24, 2.45) is 5.73 Å². The number of imidazole rings is 1. The molecule has 7 heteroatoms. The summed E-state index contributed by atoms with van der Waals surface area (Å²) in [5, 5.41) is 2.28. The fraction of sp³-hybridized carbons (Fsp3) is 0.182. The summed E-state index contributed by atoms with van der Waals surface area (Å²) in [5.74, 6) is -0.430. The highest BCUT2D eigenvalue weighted by atomic mass is 32.2. The minimum atomic E-state index is -0.847. The quantitative estimate of drug-likeness (QED) is 0.810. The topological polar surface area (TPSA) is 89.5 Å². The zero-order chi connectivity index (χ0) is 13.1. The van der Waals surface area contributed by atoms with Crippen LogP contribution in [0.2, 0.25) is 0 Å². The molecule has 0 fully saturated rings. The predicted molar refractivity (Wildman–Crippen MR) is 68.2 cm³/mol. The van der Waals surface area contributed by atoms with E-state index in [1.54, 1.807) is 13.1 Å². The second-order valence-electron chi connectivity index (χ2n) is 3.65. The van der Waals surface area contributed by atoms with Gasteiger partial charge in [-0.2, -0.15) is 0 Å². The second-order valence-corrected chi connectivity index (χ2v) is 4.96. The average molecular weight is 264 g/mol. The number of nitrogens with two attached hydrogens (primary N) is 1. The van der Waals surface area contributed by atoms with Gasteiger partial charge in [-0.3, -0.25) is 14.5 Å². The van der Waals surface area contributed by atoms with Crippen LogP contribution in [0.25, 0.3) is 5.52 Å². The third kappa shape index (κ3) is 2.62. The van der Waals surface area contributed by atoms with Gasteiger partial charge in [-0.15, -0.1) is 0 Å². The largest absolute Gasteiger partial charge is 0.351 e. The summed E-state index contributed by atoms with van der Waals surface area (Å²) >= 11 is 1.26. The number of nitrogens with zero attached hydrogens (tertiary/aromatic N) is 2. The van der Waals surface area contributed by atoms with Crippen molar-refractivity contribution in [1.82, 2.24) is 14.7 Å². The normalized spacial score (nSPS) is 12.3. The van der Waals surface area contributed by atoms with Crippen molar-refractivity contribution in [2.45, 2.75) is 17.3 Å². The molecule has 3 N–H and O–H groups in total. The molecule has 6 nitrogen and oxygen atoms in total. The van der Waals surface area contributed by atoms with Gasteiger partial charge in [-0.1, -0.05) is 17.8 Å². The van der Waals surface area contributed by atoms with Crippen molar-refractivity contribution >= 4 is 29.2 Å². The molecular weight excluding hydrogens is 252 g/mol. The van der Waals surface area contributed by atoms with Gasteiger partial charge in [0.2, 0.25) is 5.91 Å². The summed E-state index contributed by atoms with van der Waals surface area (Å²) in [6.07, 6.45) is 3.59. The molecule has 0 saturated heterocycles. The molecule has 0 aromatic carbocycles. The van der Waals surface area contributed by atoms with Crippen molar-refractivity contribution < 1.29 is 9.59 Å².